The molecule has 1 aromatic carbocycles. The summed E-state index contributed by atoms with van der Waals surface area (Å²) in [6.45, 7) is 0.0527. The van der Waals surface area contributed by atoms with Gasteiger partial charge in [-0.25, -0.2) is 17.6 Å². The fourth-order valence-corrected chi connectivity index (χ4v) is 3.36. The van der Waals surface area contributed by atoms with Crippen LogP contribution in [0.25, 0.3) is 0 Å². The standard InChI is InChI=1S/C13H16ClFO5S/c14-12-10(13(17)18)7-9(8-11(12)15)21(19,20)6-4-2-1-3-5-16/h7-8,16H,1-6H2,(H,17,18). The van der Waals surface area contributed by atoms with Crippen molar-refractivity contribution < 1.29 is 27.8 Å². The molecule has 0 bridgehead atoms. The summed E-state index contributed by atoms with van der Waals surface area (Å²) in [5.41, 5.74) is -0.574. The zero-order chi connectivity index (χ0) is 16.0. The Hall–Kier alpha value is -1.18. The highest BCUT2D eigenvalue weighted by Crippen LogP contribution is 2.25. The summed E-state index contributed by atoms with van der Waals surface area (Å²) in [5.74, 6) is -2.77. The summed E-state index contributed by atoms with van der Waals surface area (Å²) in [7, 11) is -3.77. The van der Waals surface area contributed by atoms with Crippen LogP contribution in [0.5, 0.6) is 0 Å². The third-order valence-electron chi connectivity index (χ3n) is 2.91. The Kier molecular flexibility index (Phi) is 6.57. The maximum Gasteiger partial charge on any atom is 0.337 e. The second-order valence-electron chi connectivity index (χ2n) is 4.53. The van der Waals surface area contributed by atoms with Crippen LogP contribution in [0.4, 0.5) is 4.39 Å². The van der Waals surface area contributed by atoms with Crippen LogP contribution in [0.2, 0.25) is 5.02 Å². The number of halogens is 2. The van der Waals surface area contributed by atoms with Crippen molar-refractivity contribution in [2.24, 2.45) is 0 Å². The first-order valence-electron chi connectivity index (χ1n) is 6.35. The average Bonchev–Trinajstić information content (AvgIpc) is 2.40. The quantitative estimate of drug-likeness (QED) is 0.710. The van der Waals surface area contributed by atoms with Crippen molar-refractivity contribution >= 4 is 27.4 Å². The van der Waals surface area contributed by atoms with E-state index in [0.29, 0.717) is 25.7 Å². The molecule has 8 heteroatoms. The summed E-state index contributed by atoms with van der Waals surface area (Å²) in [6, 6.07) is 1.61. The summed E-state index contributed by atoms with van der Waals surface area (Å²) in [4.78, 5) is 10.5. The summed E-state index contributed by atoms with van der Waals surface area (Å²) < 4.78 is 37.6. The molecule has 0 aliphatic heterocycles. The molecule has 2 N–H and O–H groups in total. The van der Waals surface area contributed by atoms with Gasteiger partial charge >= 0.3 is 5.97 Å². The number of aromatic carboxylic acids is 1. The molecule has 5 nitrogen and oxygen atoms in total. The molecule has 0 heterocycles. The number of rotatable bonds is 8. The smallest absolute Gasteiger partial charge is 0.337 e. The molecule has 1 rings (SSSR count). The Labute approximate surface area is 127 Å². The van der Waals surface area contributed by atoms with Gasteiger partial charge in [-0.15, -0.1) is 0 Å². The number of benzene rings is 1. The molecule has 0 atom stereocenters. The minimum absolute atomic E-state index is 0.0527. The van der Waals surface area contributed by atoms with Gasteiger partial charge in [-0.05, 0) is 25.0 Å². The number of hydrogen-bond acceptors (Lipinski definition) is 4. The highest BCUT2D eigenvalue weighted by atomic mass is 35.5. The number of aliphatic hydroxyl groups is 1. The Balaban J connectivity index is 2.91. The predicted molar refractivity (Wildman–Crippen MR) is 76.0 cm³/mol. The van der Waals surface area contributed by atoms with Gasteiger partial charge in [0.1, 0.15) is 5.82 Å². The molecule has 0 amide bonds. The zero-order valence-corrected chi connectivity index (χ0v) is 12.8. The maximum atomic E-state index is 13.5. The molecule has 1 aromatic rings. The van der Waals surface area contributed by atoms with Crippen molar-refractivity contribution in [2.75, 3.05) is 12.4 Å². The molecule has 0 spiro atoms. The lowest BCUT2D eigenvalue weighted by Crippen LogP contribution is -2.10. The van der Waals surface area contributed by atoms with Crippen molar-refractivity contribution in [3.8, 4) is 0 Å². The van der Waals surface area contributed by atoms with E-state index in [9.17, 15) is 17.6 Å². The molecule has 118 valence electrons. The first-order chi connectivity index (χ1) is 9.79. The van der Waals surface area contributed by atoms with Gasteiger partial charge in [0.25, 0.3) is 0 Å². The average molecular weight is 339 g/mol. The van der Waals surface area contributed by atoms with E-state index in [4.69, 9.17) is 21.8 Å². The third kappa shape index (κ3) is 4.94. The number of carbonyl (C=O) groups is 1. The number of sulfone groups is 1. The minimum Gasteiger partial charge on any atom is -0.478 e. The van der Waals surface area contributed by atoms with Crippen molar-refractivity contribution in [1.29, 1.82) is 0 Å². The van der Waals surface area contributed by atoms with E-state index in [1.165, 1.54) is 0 Å². The van der Waals surface area contributed by atoms with Gasteiger partial charge in [0.15, 0.2) is 9.84 Å². The van der Waals surface area contributed by atoms with Gasteiger partial charge in [0.2, 0.25) is 0 Å². The Morgan fingerprint density at radius 3 is 2.38 bits per heavy atom. The Morgan fingerprint density at radius 1 is 1.19 bits per heavy atom. The lowest BCUT2D eigenvalue weighted by molar-refractivity contribution is 0.0696. The lowest BCUT2D eigenvalue weighted by Gasteiger charge is -2.07. The molecule has 0 fully saturated rings. The van der Waals surface area contributed by atoms with E-state index in [-0.39, 0.29) is 17.3 Å². The van der Waals surface area contributed by atoms with Crippen molar-refractivity contribution in [1.82, 2.24) is 0 Å². The number of carboxylic acids is 1. The summed E-state index contributed by atoms with van der Waals surface area (Å²) >= 11 is 5.50. The lowest BCUT2D eigenvalue weighted by atomic mass is 10.2. The normalized spacial score (nSPS) is 11.6. The molecule has 0 radical (unpaired) electrons. The van der Waals surface area contributed by atoms with Crippen LogP contribution >= 0.6 is 11.6 Å². The van der Waals surface area contributed by atoms with Gasteiger partial charge in [0.05, 0.1) is 21.2 Å². The summed E-state index contributed by atoms with van der Waals surface area (Å²) in [5, 5.41) is 16.9. The fourth-order valence-electron chi connectivity index (χ4n) is 1.77. The van der Waals surface area contributed by atoms with Crippen molar-refractivity contribution in [3.05, 3.63) is 28.5 Å². The molecule has 0 unspecified atom stereocenters. The Bertz CT molecular complexity index is 615. The van der Waals surface area contributed by atoms with Gasteiger partial charge in [-0.1, -0.05) is 24.4 Å². The van der Waals surface area contributed by atoms with Crippen molar-refractivity contribution in [3.63, 3.8) is 0 Å². The van der Waals surface area contributed by atoms with Crippen LogP contribution in [0.15, 0.2) is 17.0 Å². The van der Waals surface area contributed by atoms with Gasteiger partial charge in [-0.2, -0.15) is 0 Å². The molecule has 0 aliphatic rings. The number of carboxylic acid groups (broad SMARTS) is 1. The molecule has 0 aliphatic carbocycles. The van der Waals surface area contributed by atoms with E-state index >= 15 is 0 Å². The van der Waals surface area contributed by atoms with Crippen LogP contribution < -0.4 is 0 Å². The topological polar surface area (TPSA) is 91.7 Å². The van der Waals surface area contributed by atoms with Crippen LogP contribution in [-0.2, 0) is 9.84 Å². The predicted octanol–water partition coefficient (Wildman–Crippen LogP) is 2.50. The highest BCUT2D eigenvalue weighted by Gasteiger charge is 2.21. The minimum atomic E-state index is -3.77. The van der Waals surface area contributed by atoms with E-state index in [1.54, 1.807) is 0 Å². The van der Waals surface area contributed by atoms with E-state index in [1.807, 2.05) is 0 Å². The molecule has 0 saturated heterocycles. The van der Waals surface area contributed by atoms with Gasteiger partial charge in [0, 0.05) is 6.61 Å². The molecular formula is C13H16ClFO5S. The van der Waals surface area contributed by atoms with Crippen LogP contribution in [-0.4, -0.2) is 37.0 Å². The van der Waals surface area contributed by atoms with E-state index in [0.717, 1.165) is 12.1 Å². The van der Waals surface area contributed by atoms with Crippen molar-refractivity contribution in [2.45, 2.75) is 30.6 Å². The molecule has 0 aromatic heterocycles. The zero-order valence-electron chi connectivity index (χ0n) is 11.2. The van der Waals surface area contributed by atoms with E-state index < -0.39 is 32.2 Å². The number of unbranched alkanes of at least 4 members (excludes halogenated alkanes) is 3. The largest absolute Gasteiger partial charge is 0.478 e. The summed E-state index contributed by atoms with van der Waals surface area (Å²) in [6.07, 6.45) is 2.26. The second-order valence-corrected chi connectivity index (χ2v) is 7.02. The number of aliphatic hydroxyl groups excluding tert-OH is 1. The fraction of sp³-hybridized carbons (Fsp3) is 0.462. The van der Waals surface area contributed by atoms with Gasteiger partial charge < -0.3 is 10.2 Å². The SMILES string of the molecule is O=C(O)c1cc(S(=O)(=O)CCCCCCO)cc(F)c1Cl. The first-order valence-corrected chi connectivity index (χ1v) is 8.38. The first kappa shape index (κ1) is 17.9. The molecule has 0 saturated carbocycles. The van der Waals surface area contributed by atoms with E-state index in [2.05, 4.69) is 0 Å². The van der Waals surface area contributed by atoms with Crippen LogP contribution in [0, 0.1) is 5.82 Å². The molecular weight excluding hydrogens is 323 g/mol. The monoisotopic (exact) mass is 338 g/mol. The Morgan fingerprint density at radius 2 is 1.81 bits per heavy atom. The third-order valence-corrected chi connectivity index (χ3v) is 5.08. The van der Waals surface area contributed by atoms with Gasteiger partial charge in [-0.3, -0.25) is 0 Å². The maximum absolute atomic E-state index is 13.5. The van der Waals surface area contributed by atoms with Crippen LogP contribution in [0.1, 0.15) is 36.0 Å². The van der Waals surface area contributed by atoms with Crippen LogP contribution in [0.3, 0.4) is 0 Å². The highest BCUT2D eigenvalue weighted by molar-refractivity contribution is 7.91. The second kappa shape index (κ2) is 7.72. The molecule has 21 heavy (non-hydrogen) atoms. The number of hydrogen-bond donors (Lipinski definition) is 2.